The van der Waals surface area contributed by atoms with Crippen molar-refractivity contribution in [1.82, 2.24) is 4.90 Å². The molecule has 1 rings (SSSR count). The van der Waals surface area contributed by atoms with Crippen LogP contribution in [0.4, 0.5) is 8.78 Å². The van der Waals surface area contributed by atoms with Gasteiger partial charge in [-0.1, -0.05) is 12.1 Å². The van der Waals surface area contributed by atoms with Crippen molar-refractivity contribution in [2.24, 2.45) is 0 Å². The lowest BCUT2D eigenvalue weighted by Gasteiger charge is -2.16. The van der Waals surface area contributed by atoms with Crippen LogP contribution in [0.5, 0.6) is 5.75 Å². The third-order valence-electron chi connectivity index (χ3n) is 2.35. The molecule has 0 amide bonds. The maximum atomic E-state index is 12.2. The van der Waals surface area contributed by atoms with Gasteiger partial charge in [-0.3, -0.25) is 9.69 Å². The van der Waals surface area contributed by atoms with E-state index in [1.165, 1.54) is 11.9 Å². The molecule has 5 heteroatoms. The number of ketones is 1. The van der Waals surface area contributed by atoms with Gasteiger partial charge in [-0.15, -0.1) is 0 Å². The summed E-state index contributed by atoms with van der Waals surface area (Å²) in [6, 6.07) is 6.83. The fourth-order valence-corrected chi connectivity index (χ4v) is 1.61. The van der Waals surface area contributed by atoms with Gasteiger partial charge in [0.1, 0.15) is 5.75 Å². The highest BCUT2D eigenvalue weighted by Crippen LogP contribution is 2.18. The molecular formula is C13H17F2NO2. The van der Waals surface area contributed by atoms with Gasteiger partial charge in [-0.2, -0.15) is 0 Å². The van der Waals surface area contributed by atoms with E-state index >= 15 is 0 Å². The van der Waals surface area contributed by atoms with Crippen LogP contribution in [0.15, 0.2) is 24.3 Å². The molecule has 1 aromatic carbocycles. The Bertz CT molecular complexity index is 396. The molecule has 0 aliphatic heterocycles. The first-order chi connectivity index (χ1) is 8.54. The summed E-state index contributed by atoms with van der Waals surface area (Å²) >= 11 is 0. The molecule has 0 heterocycles. The van der Waals surface area contributed by atoms with E-state index in [0.717, 1.165) is 0 Å². The monoisotopic (exact) mass is 257 g/mol. The Hall–Kier alpha value is -1.49. The average molecular weight is 257 g/mol. The molecule has 0 spiro atoms. The van der Waals surface area contributed by atoms with Crippen LogP contribution in [-0.2, 0) is 0 Å². The maximum Gasteiger partial charge on any atom is 0.251 e. The minimum Gasteiger partial charge on any atom is -0.493 e. The molecule has 0 atom stereocenters. The number of likely N-dealkylation sites (N-methyl/N-ethyl adjacent to an activating group) is 1. The summed E-state index contributed by atoms with van der Waals surface area (Å²) in [4.78, 5) is 13.3. The molecule has 18 heavy (non-hydrogen) atoms. The lowest BCUT2D eigenvalue weighted by molar-refractivity contribution is 0.0817. The largest absolute Gasteiger partial charge is 0.493 e. The van der Waals surface area contributed by atoms with Crippen LogP contribution in [0.2, 0.25) is 0 Å². The van der Waals surface area contributed by atoms with Crippen molar-refractivity contribution in [1.29, 1.82) is 0 Å². The fourth-order valence-electron chi connectivity index (χ4n) is 1.61. The summed E-state index contributed by atoms with van der Waals surface area (Å²) in [5.41, 5.74) is 0.431. The second-order valence-electron chi connectivity index (χ2n) is 3.94. The number of rotatable bonds is 7. The summed E-state index contributed by atoms with van der Waals surface area (Å²) in [7, 11) is 1.49. The highest BCUT2D eigenvalue weighted by Gasteiger charge is 2.16. The van der Waals surface area contributed by atoms with Crippen molar-refractivity contribution in [3.63, 3.8) is 0 Å². The molecular weight excluding hydrogens is 240 g/mol. The molecule has 100 valence electrons. The van der Waals surface area contributed by atoms with Crippen LogP contribution in [0, 0.1) is 0 Å². The first kappa shape index (κ1) is 14.6. The van der Waals surface area contributed by atoms with Gasteiger partial charge < -0.3 is 4.74 Å². The number of hydrogen-bond donors (Lipinski definition) is 0. The Balaban J connectivity index is 2.71. The number of Topliss-reactive ketones (excluding diaryl/α,β-unsaturated/α-hetero) is 1. The lowest BCUT2D eigenvalue weighted by atomic mass is 10.1. The van der Waals surface area contributed by atoms with Crippen LogP contribution >= 0.6 is 0 Å². The number of carbonyl (C=O) groups is 1. The van der Waals surface area contributed by atoms with Crippen LogP contribution < -0.4 is 4.74 Å². The van der Waals surface area contributed by atoms with Gasteiger partial charge in [0.2, 0.25) is 0 Å². The van der Waals surface area contributed by atoms with E-state index in [4.69, 9.17) is 4.74 Å². The standard InChI is InChI=1S/C13H17F2NO2/c1-3-18-12-7-5-4-6-10(12)11(17)8-16(2)9-13(14)15/h4-7,13H,3,8-9H2,1-2H3. The molecule has 0 unspecified atom stereocenters. The smallest absolute Gasteiger partial charge is 0.251 e. The summed E-state index contributed by atoms with van der Waals surface area (Å²) < 4.78 is 29.7. The Morgan fingerprint density at radius 1 is 1.39 bits per heavy atom. The second-order valence-corrected chi connectivity index (χ2v) is 3.94. The normalized spacial score (nSPS) is 11.0. The Labute approximate surface area is 105 Å². The van der Waals surface area contributed by atoms with Gasteiger partial charge in [0, 0.05) is 0 Å². The summed E-state index contributed by atoms with van der Waals surface area (Å²) in [6.45, 7) is 1.82. The number of carbonyl (C=O) groups excluding carboxylic acids is 1. The number of hydrogen-bond acceptors (Lipinski definition) is 3. The first-order valence-corrected chi connectivity index (χ1v) is 5.76. The molecule has 3 nitrogen and oxygen atoms in total. The number of para-hydroxylation sites is 1. The van der Waals surface area contributed by atoms with Gasteiger partial charge in [-0.25, -0.2) is 8.78 Å². The van der Waals surface area contributed by atoms with E-state index in [9.17, 15) is 13.6 Å². The second kappa shape index (κ2) is 7.06. The maximum absolute atomic E-state index is 12.2. The third-order valence-corrected chi connectivity index (χ3v) is 2.35. The number of alkyl halides is 2. The number of benzene rings is 1. The van der Waals surface area contributed by atoms with Crippen LogP contribution in [0.1, 0.15) is 17.3 Å². The van der Waals surface area contributed by atoms with Crippen molar-refractivity contribution in [2.45, 2.75) is 13.3 Å². The Morgan fingerprint density at radius 3 is 2.67 bits per heavy atom. The first-order valence-electron chi connectivity index (χ1n) is 5.76. The zero-order valence-corrected chi connectivity index (χ0v) is 10.5. The van der Waals surface area contributed by atoms with Gasteiger partial charge in [0.15, 0.2) is 5.78 Å². The van der Waals surface area contributed by atoms with E-state index in [-0.39, 0.29) is 12.3 Å². The van der Waals surface area contributed by atoms with E-state index in [2.05, 4.69) is 0 Å². The zero-order chi connectivity index (χ0) is 13.5. The van der Waals surface area contributed by atoms with Crippen molar-refractivity contribution in [2.75, 3.05) is 26.7 Å². The highest BCUT2D eigenvalue weighted by molar-refractivity contribution is 6.00. The molecule has 1 aromatic rings. The van der Waals surface area contributed by atoms with Crippen LogP contribution in [0.3, 0.4) is 0 Å². The predicted octanol–water partition coefficient (Wildman–Crippen LogP) is 2.46. The summed E-state index contributed by atoms with van der Waals surface area (Å²) in [5, 5.41) is 0. The van der Waals surface area contributed by atoms with Crippen LogP contribution in [0.25, 0.3) is 0 Å². The molecule has 0 bridgehead atoms. The molecule has 0 aromatic heterocycles. The van der Waals surface area contributed by atoms with Gasteiger partial charge in [0.25, 0.3) is 6.43 Å². The zero-order valence-electron chi connectivity index (χ0n) is 10.5. The van der Waals surface area contributed by atoms with E-state index in [0.29, 0.717) is 17.9 Å². The third kappa shape index (κ3) is 4.41. The molecule has 0 N–H and O–H groups in total. The molecule has 0 saturated carbocycles. The van der Waals surface area contributed by atoms with Crippen molar-refractivity contribution in [3.05, 3.63) is 29.8 Å². The number of nitrogens with zero attached hydrogens (tertiary/aromatic N) is 1. The average Bonchev–Trinajstić information content (AvgIpc) is 2.28. The van der Waals surface area contributed by atoms with Crippen molar-refractivity contribution in [3.8, 4) is 5.75 Å². The number of halogens is 2. The fraction of sp³-hybridized carbons (Fsp3) is 0.462. The van der Waals surface area contributed by atoms with Crippen molar-refractivity contribution >= 4 is 5.78 Å². The lowest BCUT2D eigenvalue weighted by Crippen LogP contribution is -2.30. The molecule has 0 saturated heterocycles. The molecule has 0 radical (unpaired) electrons. The molecule has 0 fully saturated rings. The highest BCUT2D eigenvalue weighted by atomic mass is 19.3. The molecule has 0 aliphatic rings. The van der Waals surface area contributed by atoms with Crippen molar-refractivity contribution < 1.29 is 18.3 Å². The van der Waals surface area contributed by atoms with Gasteiger partial charge >= 0.3 is 0 Å². The minimum absolute atomic E-state index is 0.0472. The summed E-state index contributed by atoms with van der Waals surface area (Å²) in [5.74, 6) is 0.276. The predicted molar refractivity (Wildman–Crippen MR) is 65.4 cm³/mol. The van der Waals surface area contributed by atoms with Gasteiger partial charge in [0.05, 0.1) is 25.3 Å². The van der Waals surface area contributed by atoms with E-state index in [1.54, 1.807) is 24.3 Å². The van der Waals surface area contributed by atoms with Gasteiger partial charge in [-0.05, 0) is 26.1 Å². The van der Waals surface area contributed by atoms with E-state index < -0.39 is 13.0 Å². The summed E-state index contributed by atoms with van der Waals surface area (Å²) in [6.07, 6.45) is -2.44. The van der Waals surface area contributed by atoms with Crippen LogP contribution in [-0.4, -0.2) is 43.9 Å². The van der Waals surface area contributed by atoms with E-state index in [1.807, 2.05) is 6.92 Å². The Morgan fingerprint density at radius 2 is 2.06 bits per heavy atom. The minimum atomic E-state index is -2.44. The SMILES string of the molecule is CCOc1ccccc1C(=O)CN(C)CC(F)F. The topological polar surface area (TPSA) is 29.5 Å². The molecule has 0 aliphatic carbocycles. The number of ether oxygens (including phenoxy) is 1. The quantitative estimate of drug-likeness (QED) is 0.703. The Kier molecular flexibility index (Phi) is 5.71.